The van der Waals surface area contributed by atoms with Gasteiger partial charge in [-0.05, 0) is 26.3 Å². The smallest absolute Gasteiger partial charge is 0.414 e. The highest BCUT2D eigenvalue weighted by atomic mass is 16.6. The van der Waals surface area contributed by atoms with Gasteiger partial charge >= 0.3 is 6.09 Å². The third-order valence-electron chi connectivity index (χ3n) is 3.20. The molecule has 2 heterocycles. The van der Waals surface area contributed by atoms with Crippen LogP contribution in [0.2, 0.25) is 0 Å². The zero-order valence-electron chi connectivity index (χ0n) is 11.4. The average molecular weight is 265 g/mol. The molecule has 6 heteroatoms. The lowest BCUT2D eigenvalue weighted by Gasteiger charge is -2.36. The topological polar surface area (TPSA) is 77.7 Å². The van der Waals surface area contributed by atoms with E-state index in [4.69, 9.17) is 15.2 Å². The van der Waals surface area contributed by atoms with Crippen LogP contribution in [0.1, 0.15) is 32.0 Å². The van der Waals surface area contributed by atoms with Gasteiger partial charge in [0.25, 0.3) is 0 Å². The fraction of sp³-hybridized carbons (Fsp3) is 0.538. The van der Waals surface area contributed by atoms with Crippen LogP contribution in [0.25, 0.3) is 0 Å². The van der Waals surface area contributed by atoms with Crippen molar-refractivity contribution in [3.05, 3.63) is 17.8 Å². The van der Waals surface area contributed by atoms with Crippen LogP contribution < -0.4 is 15.4 Å². The van der Waals surface area contributed by atoms with Crippen molar-refractivity contribution in [2.45, 2.75) is 32.4 Å². The summed E-state index contributed by atoms with van der Waals surface area (Å²) in [5.41, 5.74) is 7.47. The van der Waals surface area contributed by atoms with Gasteiger partial charge in [0.2, 0.25) is 5.88 Å². The fourth-order valence-electron chi connectivity index (χ4n) is 2.33. The average Bonchev–Trinajstić information content (AvgIpc) is 2.38. The molecular weight excluding hydrogens is 246 g/mol. The lowest BCUT2D eigenvalue weighted by molar-refractivity contribution is 0.156. The van der Waals surface area contributed by atoms with E-state index in [0.717, 1.165) is 0 Å². The Bertz CT molecular complexity index is 478. The standard InChI is InChI=1S/C13H19N3O3/c1-4-19-13(17)16-8(2)7-9(14)12-10(16)5-6-11(15-12)18-3/h5-6,8-9H,4,7,14H2,1-3H3. The zero-order chi connectivity index (χ0) is 14.0. The Morgan fingerprint density at radius 3 is 2.95 bits per heavy atom. The molecule has 0 aromatic carbocycles. The van der Waals surface area contributed by atoms with Crippen LogP contribution in [0.5, 0.6) is 5.88 Å². The number of fused-ring (bicyclic) bond motifs is 1. The fourth-order valence-corrected chi connectivity index (χ4v) is 2.33. The first-order chi connectivity index (χ1) is 9.08. The van der Waals surface area contributed by atoms with E-state index in [0.29, 0.717) is 30.3 Å². The molecule has 0 spiro atoms. The first-order valence-corrected chi connectivity index (χ1v) is 6.35. The van der Waals surface area contributed by atoms with E-state index < -0.39 is 0 Å². The molecule has 1 aromatic rings. The van der Waals surface area contributed by atoms with Crippen molar-refractivity contribution in [2.24, 2.45) is 5.73 Å². The third kappa shape index (κ3) is 2.49. The van der Waals surface area contributed by atoms with Gasteiger partial charge < -0.3 is 15.2 Å². The van der Waals surface area contributed by atoms with Gasteiger partial charge in [-0.1, -0.05) is 0 Å². The van der Waals surface area contributed by atoms with Gasteiger partial charge in [-0.2, -0.15) is 0 Å². The Kier molecular flexibility index (Phi) is 3.90. The molecule has 2 rings (SSSR count). The van der Waals surface area contributed by atoms with Crippen LogP contribution in [0, 0.1) is 0 Å². The van der Waals surface area contributed by atoms with Crippen molar-refractivity contribution in [3.8, 4) is 5.88 Å². The number of carbonyl (C=O) groups is 1. The molecule has 2 unspecified atom stereocenters. The molecule has 1 amide bonds. The van der Waals surface area contributed by atoms with E-state index in [-0.39, 0.29) is 18.2 Å². The minimum atomic E-state index is -0.366. The molecule has 2 N–H and O–H groups in total. The number of ether oxygens (including phenoxy) is 2. The van der Waals surface area contributed by atoms with Gasteiger partial charge in [-0.25, -0.2) is 9.78 Å². The lowest BCUT2D eigenvalue weighted by Crippen LogP contribution is -2.45. The number of pyridine rings is 1. The number of anilines is 1. The second kappa shape index (κ2) is 5.44. The molecule has 1 aromatic heterocycles. The van der Waals surface area contributed by atoms with E-state index in [2.05, 4.69) is 4.98 Å². The van der Waals surface area contributed by atoms with Crippen molar-refractivity contribution in [3.63, 3.8) is 0 Å². The van der Waals surface area contributed by atoms with Crippen molar-refractivity contribution in [1.29, 1.82) is 0 Å². The number of aromatic nitrogens is 1. The summed E-state index contributed by atoms with van der Waals surface area (Å²) in [4.78, 5) is 18.0. The highest BCUT2D eigenvalue weighted by Gasteiger charge is 2.34. The molecule has 0 bridgehead atoms. The van der Waals surface area contributed by atoms with Gasteiger partial charge in [-0.3, -0.25) is 4.90 Å². The molecule has 19 heavy (non-hydrogen) atoms. The maximum atomic E-state index is 12.0. The van der Waals surface area contributed by atoms with E-state index in [1.165, 1.54) is 0 Å². The normalized spacial score (nSPS) is 21.8. The Morgan fingerprint density at radius 2 is 2.32 bits per heavy atom. The molecule has 1 aliphatic rings. The number of rotatable bonds is 2. The first-order valence-electron chi connectivity index (χ1n) is 6.35. The summed E-state index contributed by atoms with van der Waals surface area (Å²) in [6, 6.07) is 3.30. The molecule has 0 fully saturated rings. The summed E-state index contributed by atoms with van der Waals surface area (Å²) >= 11 is 0. The van der Waals surface area contributed by atoms with Gasteiger partial charge in [0, 0.05) is 12.1 Å². The second-order valence-corrected chi connectivity index (χ2v) is 4.52. The molecular formula is C13H19N3O3. The first kappa shape index (κ1) is 13.6. The van der Waals surface area contributed by atoms with Gasteiger partial charge in [0.1, 0.15) is 0 Å². The highest BCUT2D eigenvalue weighted by Crippen LogP contribution is 2.36. The van der Waals surface area contributed by atoms with Crippen LogP contribution in [0.3, 0.4) is 0 Å². The van der Waals surface area contributed by atoms with Crippen LogP contribution in [-0.2, 0) is 4.74 Å². The second-order valence-electron chi connectivity index (χ2n) is 4.52. The molecule has 0 radical (unpaired) electrons. The maximum absolute atomic E-state index is 12.0. The van der Waals surface area contributed by atoms with Crippen molar-refractivity contribution >= 4 is 11.8 Å². The number of nitrogens with two attached hydrogens (primary N) is 1. The van der Waals surface area contributed by atoms with Crippen LogP contribution in [0.15, 0.2) is 12.1 Å². The predicted octanol–water partition coefficient (Wildman–Crippen LogP) is 1.85. The molecule has 2 atom stereocenters. The van der Waals surface area contributed by atoms with Crippen LogP contribution in [0.4, 0.5) is 10.5 Å². The minimum absolute atomic E-state index is 0.0169. The number of hydrogen-bond donors (Lipinski definition) is 1. The van der Waals surface area contributed by atoms with Crippen molar-refractivity contribution in [1.82, 2.24) is 4.98 Å². The lowest BCUT2D eigenvalue weighted by atomic mass is 9.97. The SMILES string of the molecule is CCOC(=O)N1c2ccc(OC)nc2C(N)CC1C. The van der Waals surface area contributed by atoms with Crippen molar-refractivity contribution < 1.29 is 14.3 Å². The van der Waals surface area contributed by atoms with E-state index in [1.807, 2.05) is 6.92 Å². The summed E-state index contributed by atoms with van der Waals surface area (Å²) in [5.74, 6) is 0.493. The molecule has 0 aliphatic carbocycles. The third-order valence-corrected chi connectivity index (χ3v) is 3.20. The zero-order valence-corrected chi connectivity index (χ0v) is 11.4. The molecule has 6 nitrogen and oxygen atoms in total. The monoisotopic (exact) mass is 265 g/mol. The summed E-state index contributed by atoms with van der Waals surface area (Å²) in [6.45, 7) is 4.07. The van der Waals surface area contributed by atoms with Crippen molar-refractivity contribution in [2.75, 3.05) is 18.6 Å². The number of carbonyl (C=O) groups excluding carboxylic acids is 1. The number of nitrogens with zero attached hydrogens (tertiary/aromatic N) is 2. The molecule has 104 valence electrons. The predicted molar refractivity (Wildman–Crippen MR) is 71.3 cm³/mol. The largest absolute Gasteiger partial charge is 0.481 e. The van der Waals surface area contributed by atoms with Gasteiger partial charge in [-0.15, -0.1) is 0 Å². The Hall–Kier alpha value is -1.82. The quantitative estimate of drug-likeness (QED) is 0.882. The van der Waals surface area contributed by atoms with E-state index in [1.54, 1.807) is 31.1 Å². The maximum Gasteiger partial charge on any atom is 0.414 e. The van der Waals surface area contributed by atoms with Gasteiger partial charge in [0.05, 0.1) is 31.1 Å². The summed E-state index contributed by atoms with van der Waals surface area (Å²) < 4.78 is 10.2. The number of methoxy groups -OCH3 is 1. The number of hydrogen-bond acceptors (Lipinski definition) is 5. The van der Waals surface area contributed by atoms with E-state index >= 15 is 0 Å². The van der Waals surface area contributed by atoms with Gasteiger partial charge in [0.15, 0.2) is 0 Å². The number of amides is 1. The van der Waals surface area contributed by atoms with Crippen LogP contribution in [-0.4, -0.2) is 30.8 Å². The summed E-state index contributed by atoms with van der Waals surface area (Å²) in [6.07, 6.45) is 0.279. The summed E-state index contributed by atoms with van der Waals surface area (Å²) in [7, 11) is 1.55. The minimum Gasteiger partial charge on any atom is -0.481 e. The van der Waals surface area contributed by atoms with Crippen LogP contribution >= 0.6 is 0 Å². The highest BCUT2D eigenvalue weighted by molar-refractivity contribution is 5.89. The Morgan fingerprint density at radius 1 is 1.58 bits per heavy atom. The Labute approximate surface area is 112 Å². The summed E-state index contributed by atoms with van der Waals surface area (Å²) in [5, 5.41) is 0. The molecule has 1 aliphatic heterocycles. The Balaban J connectivity index is 2.42. The van der Waals surface area contributed by atoms with E-state index in [9.17, 15) is 4.79 Å². The molecule has 0 saturated carbocycles. The molecule has 0 saturated heterocycles.